The summed E-state index contributed by atoms with van der Waals surface area (Å²) in [5, 5.41) is 11.4. The Morgan fingerprint density at radius 3 is 3.19 bits per heavy atom. The van der Waals surface area contributed by atoms with E-state index in [1.807, 2.05) is 16.8 Å². The van der Waals surface area contributed by atoms with E-state index in [0.29, 0.717) is 12.3 Å². The predicted molar refractivity (Wildman–Crippen MR) is 87.7 cm³/mol. The number of thiophene rings is 1. The molecule has 2 aromatic heterocycles. The van der Waals surface area contributed by atoms with Gasteiger partial charge < -0.3 is 10.6 Å². The molecule has 112 valence electrons. The normalized spacial score (nSPS) is 18.6. The van der Waals surface area contributed by atoms with Crippen molar-refractivity contribution in [3.05, 3.63) is 28.6 Å². The van der Waals surface area contributed by atoms with Crippen LogP contribution in [-0.4, -0.2) is 30.5 Å². The molecular formula is C15H19N3OS2. The molecular weight excluding hydrogens is 302 g/mol. The van der Waals surface area contributed by atoms with E-state index >= 15 is 0 Å². The SMILES string of the molecule is O=C(Cc1csc(-c2cccs2)n1)NCC1CCCNC1. The van der Waals surface area contributed by atoms with Crippen LogP contribution in [0.25, 0.3) is 9.88 Å². The molecule has 6 heteroatoms. The second-order valence-corrected chi connectivity index (χ2v) is 7.12. The lowest BCUT2D eigenvalue weighted by molar-refractivity contribution is -0.120. The van der Waals surface area contributed by atoms with Gasteiger partial charge in [-0.15, -0.1) is 22.7 Å². The standard InChI is InChI=1S/C15H19N3OS2/c19-14(17-9-11-3-1-5-16-8-11)7-12-10-21-15(18-12)13-4-2-6-20-13/h2,4,6,10-11,16H,1,3,5,7-9H2,(H,17,19). The Kier molecular flexibility index (Phi) is 5.00. The van der Waals surface area contributed by atoms with Gasteiger partial charge in [-0.3, -0.25) is 4.79 Å². The molecule has 0 radical (unpaired) electrons. The van der Waals surface area contributed by atoms with Gasteiger partial charge in [0.25, 0.3) is 0 Å². The first-order valence-electron chi connectivity index (χ1n) is 7.27. The summed E-state index contributed by atoms with van der Waals surface area (Å²) in [6, 6.07) is 4.08. The Labute approximate surface area is 132 Å². The van der Waals surface area contributed by atoms with Gasteiger partial charge in [0.15, 0.2) is 0 Å². The minimum Gasteiger partial charge on any atom is -0.355 e. The highest BCUT2D eigenvalue weighted by Crippen LogP contribution is 2.27. The lowest BCUT2D eigenvalue weighted by Gasteiger charge is -2.22. The molecule has 0 aromatic carbocycles. The highest BCUT2D eigenvalue weighted by Gasteiger charge is 2.15. The van der Waals surface area contributed by atoms with Crippen molar-refractivity contribution in [2.75, 3.05) is 19.6 Å². The number of amides is 1. The van der Waals surface area contributed by atoms with Crippen molar-refractivity contribution in [3.8, 4) is 9.88 Å². The summed E-state index contributed by atoms with van der Waals surface area (Å²) in [6.45, 7) is 2.89. The largest absolute Gasteiger partial charge is 0.355 e. The molecule has 1 aliphatic heterocycles. The number of thiazole rings is 1. The van der Waals surface area contributed by atoms with Crippen LogP contribution < -0.4 is 10.6 Å². The van der Waals surface area contributed by atoms with Gasteiger partial charge in [-0.1, -0.05) is 6.07 Å². The fourth-order valence-electron chi connectivity index (χ4n) is 2.48. The molecule has 3 heterocycles. The molecule has 3 rings (SSSR count). The Balaban J connectivity index is 1.48. The van der Waals surface area contributed by atoms with E-state index < -0.39 is 0 Å². The molecule has 4 nitrogen and oxygen atoms in total. The molecule has 1 amide bonds. The molecule has 0 spiro atoms. The highest BCUT2D eigenvalue weighted by atomic mass is 32.1. The van der Waals surface area contributed by atoms with Crippen molar-refractivity contribution >= 4 is 28.6 Å². The third-order valence-electron chi connectivity index (χ3n) is 3.61. The maximum Gasteiger partial charge on any atom is 0.226 e. The van der Waals surface area contributed by atoms with Gasteiger partial charge in [0.1, 0.15) is 5.01 Å². The van der Waals surface area contributed by atoms with Crippen LogP contribution in [0.15, 0.2) is 22.9 Å². The molecule has 1 fully saturated rings. The summed E-state index contributed by atoms with van der Waals surface area (Å²) in [5.74, 6) is 0.642. The zero-order chi connectivity index (χ0) is 14.5. The smallest absolute Gasteiger partial charge is 0.226 e. The summed E-state index contributed by atoms with van der Waals surface area (Å²) >= 11 is 3.28. The molecule has 1 saturated heterocycles. The van der Waals surface area contributed by atoms with E-state index in [1.165, 1.54) is 17.7 Å². The van der Waals surface area contributed by atoms with Crippen molar-refractivity contribution in [2.45, 2.75) is 19.3 Å². The molecule has 0 aliphatic carbocycles. The van der Waals surface area contributed by atoms with Gasteiger partial charge in [0, 0.05) is 11.9 Å². The molecule has 1 aliphatic rings. The van der Waals surface area contributed by atoms with Gasteiger partial charge in [-0.2, -0.15) is 0 Å². The number of nitrogens with zero attached hydrogens (tertiary/aromatic N) is 1. The fraction of sp³-hybridized carbons (Fsp3) is 0.467. The van der Waals surface area contributed by atoms with Crippen LogP contribution in [0.1, 0.15) is 18.5 Å². The van der Waals surface area contributed by atoms with Crippen molar-refractivity contribution in [3.63, 3.8) is 0 Å². The third kappa shape index (κ3) is 4.12. The van der Waals surface area contributed by atoms with Gasteiger partial charge in [-0.25, -0.2) is 4.98 Å². The maximum atomic E-state index is 12.0. The lowest BCUT2D eigenvalue weighted by Crippen LogP contribution is -2.38. The second kappa shape index (κ2) is 7.15. The van der Waals surface area contributed by atoms with Crippen LogP contribution in [-0.2, 0) is 11.2 Å². The molecule has 1 atom stereocenters. The number of carbonyl (C=O) groups excluding carboxylic acids is 1. The maximum absolute atomic E-state index is 12.0. The Morgan fingerprint density at radius 1 is 1.48 bits per heavy atom. The van der Waals surface area contributed by atoms with E-state index in [0.717, 1.165) is 30.3 Å². The van der Waals surface area contributed by atoms with Crippen LogP contribution in [0.5, 0.6) is 0 Å². The topological polar surface area (TPSA) is 54.0 Å². The number of aromatic nitrogens is 1. The molecule has 0 saturated carbocycles. The third-order valence-corrected chi connectivity index (χ3v) is 5.54. The Morgan fingerprint density at radius 2 is 2.43 bits per heavy atom. The fourth-order valence-corrected chi connectivity index (χ4v) is 4.12. The molecule has 21 heavy (non-hydrogen) atoms. The van der Waals surface area contributed by atoms with E-state index in [1.54, 1.807) is 22.7 Å². The van der Waals surface area contributed by atoms with E-state index in [4.69, 9.17) is 0 Å². The van der Waals surface area contributed by atoms with Crippen LogP contribution in [0, 0.1) is 5.92 Å². The molecule has 2 N–H and O–H groups in total. The monoisotopic (exact) mass is 321 g/mol. The van der Waals surface area contributed by atoms with E-state index in [2.05, 4.69) is 21.7 Å². The quantitative estimate of drug-likeness (QED) is 0.890. The molecule has 1 unspecified atom stereocenters. The zero-order valence-electron chi connectivity index (χ0n) is 11.8. The number of rotatable bonds is 5. The Hall–Kier alpha value is -1.24. The first-order chi connectivity index (χ1) is 10.3. The van der Waals surface area contributed by atoms with Crippen molar-refractivity contribution in [2.24, 2.45) is 5.92 Å². The summed E-state index contributed by atoms with van der Waals surface area (Å²) < 4.78 is 0. The van der Waals surface area contributed by atoms with Crippen molar-refractivity contribution in [1.82, 2.24) is 15.6 Å². The lowest BCUT2D eigenvalue weighted by atomic mass is 10.00. The van der Waals surface area contributed by atoms with Gasteiger partial charge >= 0.3 is 0 Å². The Bertz CT molecular complexity index is 574. The van der Waals surface area contributed by atoms with E-state index in [-0.39, 0.29) is 5.91 Å². The molecule has 2 aromatic rings. The van der Waals surface area contributed by atoms with Gasteiger partial charge in [0.05, 0.1) is 17.0 Å². The average molecular weight is 321 g/mol. The van der Waals surface area contributed by atoms with Gasteiger partial charge in [-0.05, 0) is 43.3 Å². The molecule has 0 bridgehead atoms. The van der Waals surface area contributed by atoms with E-state index in [9.17, 15) is 4.79 Å². The summed E-state index contributed by atoms with van der Waals surface area (Å²) in [6.07, 6.45) is 2.78. The zero-order valence-corrected chi connectivity index (χ0v) is 13.4. The second-order valence-electron chi connectivity index (χ2n) is 5.31. The van der Waals surface area contributed by atoms with Crippen molar-refractivity contribution in [1.29, 1.82) is 0 Å². The number of hydrogen-bond acceptors (Lipinski definition) is 5. The first-order valence-corrected chi connectivity index (χ1v) is 9.03. The minimum absolute atomic E-state index is 0.0728. The van der Waals surface area contributed by atoms with Crippen LogP contribution in [0.2, 0.25) is 0 Å². The highest BCUT2D eigenvalue weighted by molar-refractivity contribution is 7.20. The van der Waals surface area contributed by atoms with Crippen LogP contribution in [0.3, 0.4) is 0 Å². The number of piperidine rings is 1. The van der Waals surface area contributed by atoms with Crippen molar-refractivity contribution < 1.29 is 4.79 Å². The summed E-state index contributed by atoms with van der Waals surface area (Å²) in [5.41, 5.74) is 0.864. The minimum atomic E-state index is 0.0728. The summed E-state index contributed by atoms with van der Waals surface area (Å²) in [4.78, 5) is 17.7. The van der Waals surface area contributed by atoms with Gasteiger partial charge in [0.2, 0.25) is 5.91 Å². The first kappa shape index (κ1) is 14.7. The number of carbonyl (C=O) groups is 1. The average Bonchev–Trinajstić information content (AvgIpc) is 3.17. The van der Waals surface area contributed by atoms with Crippen LogP contribution >= 0.6 is 22.7 Å². The summed E-state index contributed by atoms with van der Waals surface area (Å²) in [7, 11) is 0. The number of hydrogen-bond donors (Lipinski definition) is 2. The number of nitrogens with one attached hydrogen (secondary N) is 2. The predicted octanol–water partition coefficient (Wildman–Crippen LogP) is 2.53. The van der Waals surface area contributed by atoms with Crippen LogP contribution in [0.4, 0.5) is 0 Å².